The number of hydrogen-bond acceptors (Lipinski definition) is 5. The summed E-state index contributed by atoms with van der Waals surface area (Å²) in [4.78, 5) is 29.8. The minimum atomic E-state index is -0.827. The van der Waals surface area contributed by atoms with E-state index < -0.39 is 5.92 Å². The quantitative estimate of drug-likeness (QED) is 0.163. The standard InChI is InChI=1S/C40H34N4O5/c1-47-31-21-17-29(18-22-31)43-39(45)35(37(41-43)26-11-6-4-7-12-26)34(28-15-10-16-33(25-28)49-3)36-38(27-13-8-5-9-14-27)42-44(40(36)46)30-19-23-32(48-2)24-20-30/h4-25,34,41-42H,1-3H3. The molecule has 0 bridgehead atoms. The smallest absolute Gasteiger partial charge is 0.276 e. The number of rotatable bonds is 10. The van der Waals surface area contributed by atoms with Crippen LogP contribution in [0.3, 0.4) is 0 Å². The number of ether oxygens (including phenoxy) is 3. The summed E-state index contributed by atoms with van der Waals surface area (Å²) in [5.74, 6) is 1.11. The number of H-pyrrole nitrogens is 2. The number of nitrogens with zero attached hydrogens (tertiary/aromatic N) is 2. The zero-order valence-corrected chi connectivity index (χ0v) is 27.2. The van der Waals surface area contributed by atoms with Gasteiger partial charge in [-0.1, -0.05) is 72.8 Å². The minimum absolute atomic E-state index is 0.299. The Morgan fingerprint density at radius 1 is 0.490 bits per heavy atom. The molecule has 0 saturated carbocycles. The Morgan fingerprint density at radius 2 is 0.918 bits per heavy atom. The van der Waals surface area contributed by atoms with E-state index in [1.165, 1.54) is 9.36 Å². The van der Waals surface area contributed by atoms with Gasteiger partial charge in [-0.2, -0.15) is 0 Å². The zero-order chi connectivity index (χ0) is 33.9. The van der Waals surface area contributed by atoms with Gasteiger partial charge in [0.1, 0.15) is 17.2 Å². The molecule has 0 amide bonds. The van der Waals surface area contributed by atoms with E-state index in [4.69, 9.17) is 14.2 Å². The molecule has 7 rings (SSSR count). The summed E-state index contributed by atoms with van der Waals surface area (Å²) in [7, 11) is 4.79. The van der Waals surface area contributed by atoms with Crippen LogP contribution in [-0.2, 0) is 0 Å². The molecule has 0 atom stereocenters. The predicted octanol–water partition coefficient (Wildman–Crippen LogP) is 7.18. The normalized spacial score (nSPS) is 11.1. The molecule has 5 aromatic carbocycles. The van der Waals surface area contributed by atoms with E-state index in [0.29, 0.717) is 56.7 Å². The number of methoxy groups -OCH3 is 3. The number of nitrogens with one attached hydrogen (secondary N) is 2. The van der Waals surface area contributed by atoms with Crippen molar-refractivity contribution in [2.75, 3.05) is 21.3 Å². The Morgan fingerprint density at radius 3 is 1.33 bits per heavy atom. The lowest BCUT2D eigenvalue weighted by Gasteiger charge is -2.18. The highest BCUT2D eigenvalue weighted by Crippen LogP contribution is 2.39. The van der Waals surface area contributed by atoms with Crippen molar-refractivity contribution in [2.24, 2.45) is 0 Å². The van der Waals surface area contributed by atoms with E-state index in [9.17, 15) is 9.59 Å². The van der Waals surface area contributed by atoms with Gasteiger partial charge in [-0.3, -0.25) is 19.8 Å². The largest absolute Gasteiger partial charge is 0.497 e. The van der Waals surface area contributed by atoms with Gasteiger partial charge >= 0.3 is 0 Å². The summed E-state index contributed by atoms with van der Waals surface area (Å²) in [6, 6.07) is 41.3. The van der Waals surface area contributed by atoms with Crippen LogP contribution in [0.5, 0.6) is 17.2 Å². The lowest BCUT2D eigenvalue weighted by Crippen LogP contribution is -2.25. The second kappa shape index (κ2) is 13.3. The SMILES string of the molecule is COc1ccc(-n2[nH]c(-c3ccccc3)c(C(c3cccc(OC)c3)c3c(-c4ccccc4)[nH]n(-c4ccc(OC)cc4)c3=O)c2=O)cc1. The maximum absolute atomic E-state index is 14.9. The van der Waals surface area contributed by atoms with Crippen LogP contribution in [0.15, 0.2) is 143 Å². The summed E-state index contributed by atoms with van der Waals surface area (Å²) >= 11 is 0. The molecule has 0 radical (unpaired) electrons. The molecule has 2 N–H and O–H groups in total. The summed E-state index contributed by atoms with van der Waals surface area (Å²) in [5.41, 5.74) is 4.93. The van der Waals surface area contributed by atoms with Crippen LogP contribution in [-0.4, -0.2) is 40.9 Å². The Kier molecular flexibility index (Phi) is 8.47. The van der Waals surface area contributed by atoms with Crippen LogP contribution in [0.2, 0.25) is 0 Å². The third-order valence-electron chi connectivity index (χ3n) is 8.64. The molecule has 0 unspecified atom stereocenters. The summed E-state index contributed by atoms with van der Waals surface area (Å²) in [6.45, 7) is 0. The van der Waals surface area contributed by atoms with Crippen LogP contribution < -0.4 is 25.3 Å². The van der Waals surface area contributed by atoms with Crippen LogP contribution >= 0.6 is 0 Å². The second-order valence-electron chi connectivity index (χ2n) is 11.4. The Labute approximate surface area is 282 Å². The molecule has 0 aliphatic rings. The van der Waals surface area contributed by atoms with Crippen molar-refractivity contribution in [1.29, 1.82) is 0 Å². The second-order valence-corrected chi connectivity index (χ2v) is 11.4. The minimum Gasteiger partial charge on any atom is -0.497 e. The Hall–Kier alpha value is -6.48. The van der Waals surface area contributed by atoms with E-state index in [1.807, 2.05) is 109 Å². The third-order valence-corrected chi connectivity index (χ3v) is 8.64. The van der Waals surface area contributed by atoms with E-state index in [2.05, 4.69) is 10.2 Å². The third kappa shape index (κ3) is 5.82. The molecule has 0 aliphatic carbocycles. The van der Waals surface area contributed by atoms with Gasteiger partial charge < -0.3 is 14.2 Å². The van der Waals surface area contributed by atoms with Gasteiger partial charge in [-0.05, 0) is 77.4 Å². The van der Waals surface area contributed by atoms with Crippen molar-refractivity contribution in [3.63, 3.8) is 0 Å². The average Bonchev–Trinajstić information content (AvgIpc) is 3.69. The number of aromatic nitrogens is 4. The first-order valence-electron chi connectivity index (χ1n) is 15.7. The van der Waals surface area contributed by atoms with E-state index >= 15 is 0 Å². The van der Waals surface area contributed by atoms with Gasteiger partial charge in [-0.15, -0.1) is 0 Å². The highest BCUT2D eigenvalue weighted by molar-refractivity contribution is 5.71. The monoisotopic (exact) mass is 650 g/mol. The van der Waals surface area contributed by atoms with Gasteiger partial charge in [0.2, 0.25) is 0 Å². The van der Waals surface area contributed by atoms with E-state index in [-0.39, 0.29) is 11.1 Å². The topological polar surface area (TPSA) is 103 Å². The maximum Gasteiger partial charge on any atom is 0.276 e. The van der Waals surface area contributed by atoms with Crippen LogP contribution in [0.1, 0.15) is 22.6 Å². The fourth-order valence-corrected chi connectivity index (χ4v) is 6.21. The number of aromatic amines is 2. The van der Waals surface area contributed by atoms with Gasteiger partial charge in [0.05, 0.1) is 55.2 Å². The molecule has 0 saturated heterocycles. The molecule has 2 aromatic heterocycles. The molecule has 7 aromatic rings. The first-order chi connectivity index (χ1) is 24.0. The van der Waals surface area contributed by atoms with Gasteiger partial charge in [0.15, 0.2) is 0 Å². The molecule has 2 heterocycles. The summed E-state index contributed by atoms with van der Waals surface area (Å²) in [6.07, 6.45) is 0. The predicted molar refractivity (Wildman–Crippen MR) is 191 cm³/mol. The van der Waals surface area contributed by atoms with Crippen molar-refractivity contribution in [2.45, 2.75) is 5.92 Å². The molecule has 0 spiro atoms. The fourth-order valence-electron chi connectivity index (χ4n) is 6.21. The van der Waals surface area contributed by atoms with Crippen molar-refractivity contribution in [3.8, 4) is 51.1 Å². The van der Waals surface area contributed by atoms with Crippen molar-refractivity contribution < 1.29 is 14.2 Å². The first-order valence-corrected chi connectivity index (χ1v) is 15.7. The van der Waals surface area contributed by atoms with Crippen LogP contribution in [0.4, 0.5) is 0 Å². The van der Waals surface area contributed by atoms with Crippen LogP contribution in [0.25, 0.3) is 33.9 Å². The Bertz CT molecular complexity index is 2170. The fraction of sp³-hybridized carbons (Fsp3) is 0.100. The molecule has 0 aliphatic heterocycles. The zero-order valence-electron chi connectivity index (χ0n) is 27.2. The number of benzene rings is 5. The van der Waals surface area contributed by atoms with E-state index in [0.717, 1.165) is 11.1 Å². The van der Waals surface area contributed by atoms with Gasteiger partial charge in [-0.25, -0.2) is 9.36 Å². The molecule has 0 fully saturated rings. The average molecular weight is 651 g/mol. The molecular formula is C40H34N4O5. The van der Waals surface area contributed by atoms with E-state index in [1.54, 1.807) is 45.6 Å². The highest BCUT2D eigenvalue weighted by atomic mass is 16.5. The van der Waals surface area contributed by atoms with Crippen LogP contribution in [0, 0.1) is 0 Å². The lowest BCUT2D eigenvalue weighted by atomic mass is 9.83. The number of hydrogen-bond donors (Lipinski definition) is 2. The van der Waals surface area contributed by atoms with Crippen molar-refractivity contribution >= 4 is 0 Å². The van der Waals surface area contributed by atoms with Crippen molar-refractivity contribution in [3.05, 3.63) is 171 Å². The van der Waals surface area contributed by atoms with Gasteiger partial charge in [0, 0.05) is 5.92 Å². The summed E-state index contributed by atoms with van der Waals surface area (Å²) in [5, 5.41) is 6.80. The lowest BCUT2D eigenvalue weighted by molar-refractivity contribution is 0.414. The highest BCUT2D eigenvalue weighted by Gasteiger charge is 2.34. The molecule has 244 valence electrons. The molecule has 49 heavy (non-hydrogen) atoms. The molecule has 9 heteroatoms. The molecule has 9 nitrogen and oxygen atoms in total. The van der Waals surface area contributed by atoms with Crippen molar-refractivity contribution in [1.82, 2.24) is 19.6 Å². The van der Waals surface area contributed by atoms with Gasteiger partial charge in [0.25, 0.3) is 11.1 Å². The Balaban J connectivity index is 1.57. The molecular weight excluding hydrogens is 616 g/mol. The summed E-state index contributed by atoms with van der Waals surface area (Å²) < 4.78 is 19.4. The first kappa shape index (κ1) is 31.1. The maximum atomic E-state index is 14.9.